The van der Waals surface area contributed by atoms with Crippen LogP contribution in [0, 0.1) is 0 Å². The van der Waals surface area contributed by atoms with E-state index in [2.05, 4.69) is 23.8 Å². The third-order valence-electron chi connectivity index (χ3n) is 2.84. The van der Waals surface area contributed by atoms with Crippen LogP contribution in [0.3, 0.4) is 0 Å². The molecule has 1 aliphatic carbocycles. The van der Waals surface area contributed by atoms with Crippen molar-refractivity contribution in [1.82, 2.24) is 9.97 Å². The van der Waals surface area contributed by atoms with E-state index in [1.165, 1.54) is 6.42 Å². The maximum absolute atomic E-state index is 5.88. The highest BCUT2D eigenvalue weighted by atomic mass is 35.5. The maximum Gasteiger partial charge on any atom is 0.160 e. The molecular formula is C12H17ClN2O. The van der Waals surface area contributed by atoms with Gasteiger partial charge >= 0.3 is 0 Å². The topological polar surface area (TPSA) is 35.0 Å². The first-order valence-electron chi connectivity index (χ1n) is 5.79. The molecule has 1 aromatic heterocycles. The summed E-state index contributed by atoms with van der Waals surface area (Å²) in [5, 5.41) is 0. The Bertz CT molecular complexity index is 364. The zero-order chi connectivity index (χ0) is 11.5. The normalized spacial score (nSPS) is 16.2. The average molecular weight is 241 g/mol. The molecule has 0 atom stereocenters. The molecule has 1 fully saturated rings. The molecule has 0 N–H and O–H groups in total. The van der Waals surface area contributed by atoms with Crippen LogP contribution in [0.4, 0.5) is 0 Å². The van der Waals surface area contributed by atoms with Crippen molar-refractivity contribution in [2.24, 2.45) is 0 Å². The van der Waals surface area contributed by atoms with Crippen molar-refractivity contribution in [2.45, 2.75) is 51.0 Å². The van der Waals surface area contributed by atoms with E-state index in [9.17, 15) is 0 Å². The quantitative estimate of drug-likeness (QED) is 0.758. The fraction of sp³-hybridized carbons (Fsp3) is 0.667. The largest absolute Gasteiger partial charge is 0.487 e. The number of hydrogen-bond acceptors (Lipinski definition) is 3. The van der Waals surface area contributed by atoms with Gasteiger partial charge in [0.1, 0.15) is 11.5 Å². The maximum atomic E-state index is 5.88. The number of alkyl halides is 1. The summed E-state index contributed by atoms with van der Waals surface area (Å²) in [7, 11) is 0. The summed E-state index contributed by atoms with van der Waals surface area (Å²) in [6, 6.07) is 0. The monoisotopic (exact) mass is 240 g/mol. The predicted octanol–water partition coefficient (Wildman–Crippen LogP) is 3.27. The Labute approximate surface area is 101 Å². The van der Waals surface area contributed by atoms with E-state index in [0.717, 1.165) is 30.1 Å². The van der Waals surface area contributed by atoms with Crippen molar-refractivity contribution in [3.05, 3.63) is 17.7 Å². The lowest BCUT2D eigenvalue weighted by Crippen LogP contribution is -2.25. The summed E-state index contributed by atoms with van der Waals surface area (Å²) in [5.74, 6) is 2.28. The Morgan fingerprint density at radius 3 is 2.75 bits per heavy atom. The minimum absolute atomic E-state index is 0.319. The first kappa shape index (κ1) is 11.6. The zero-order valence-corrected chi connectivity index (χ0v) is 10.5. The number of hydrogen-bond donors (Lipinski definition) is 0. The first-order chi connectivity index (χ1) is 7.70. The first-order valence-corrected chi connectivity index (χ1v) is 6.32. The summed E-state index contributed by atoms with van der Waals surface area (Å²) in [5.41, 5.74) is 0.812. The van der Waals surface area contributed by atoms with Gasteiger partial charge in [0, 0.05) is 5.92 Å². The minimum Gasteiger partial charge on any atom is -0.487 e. The second-order valence-electron chi connectivity index (χ2n) is 4.50. The Hall–Kier alpha value is -0.830. The van der Waals surface area contributed by atoms with Crippen molar-refractivity contribution >= 4 is 11.6 Å². The lowest BCUT2D eigenvalue weighted by Gasteiger charge is -2.27. The van der Waals surface area contributed by atoms with Gasteiger partial charge < -0.3 is 4.74 Å². The van der Waals surface area contributed by atoms with Gasteiger partial charge in [0.25, 0.3) is 0 Å². The van der Waals surface area contributed by atoms with Crippen molar-refractivity contribution in [3.8, 4) is 5.75 Å². The number of nitrogens with zero attached hydrogens (tertiary/aromatic N) is 2. The van der Waals surface area contributed by atoms with Crippen LogP contribution in [-0.4, -0.2) is 16.1 Å². The Balaban J connectivity index is 2.16. The molecule has 1 aliphatic rings. The van der Waals surface area contributed by atoms with Gasteiger partial charge in [-0.05, 0) is 19.3 Å². The molecule has 88 valence electrons. The molecule has 0 radical (unpaired) electrons. The van der Waals surface area contributed by atoms with Gasteiger partial charge in [-0.25, -0.2) is 9.97 Å². The van der Waals surface area contributed by atoms with E-state index in [1.54, 1.807) is 6.20 Å². The number of aromatic nitrogens is 2. The molecule has 0 amide bonds. The van der Waals surface area contributed by atoms with Crippen molar-refractivity contribution in [2.75, 3.05) is 0 Å². The van der Waals surface area contributed by atoms with Gasteiger partial charge in [0.05, 0.1) is 18.2 Å². The van der Waals surface area contributed by atoms with Gasteiger partial charge in [0.2, 0.25) is 0 Å². The second kappa shape index (κ2) is 5.00. The van der Waals surface area contributed by atoms with Gasteiger partial charge in [-0.2, -0.15) is 0 Å². The summed E-state index contributed by atoms with van der Waals surface area (Å²) >= 11 is 5.88. The van der Waals surface area contributed by atoms with Crippen LogP contribution in [0.25, 0.3) is 0 Å². The Morgan fingerprint density at radius 1 is 1.50 bits per heavy atom. The number of halogens is 1. The highest BCUT2D eigenvalue weighted by Crippen LogP contribution is 2.27. The molecule has 0 unspecified atom stereocenters. The lowest BCUT2D eigenvalue weighted by molar-refractivity contribution is 0.118. The molecule has 0 spiro atoms. The SMILES string of the molecule is CC(C)c1ncc(OC2CCC2)c(CCl)n1. The minimum atomic E-state index is 0.319. The molecular weight excluding hydrogens is 224 g/mol. The molecule has 0 aliphatic heterocycles. The van der Waals surface area contributed by atoms with Crippen LogP contribution < -0.4 is 4.74 Å². The number of rotatable bonds is 4. The van der Waals surface area contributed by atoms with Gasteiger partial charge in [0.15, 0.2) is 5.75 Å². The summed E-state index contributed by atoms with van der Waals surface area (Å²) < 4.78 is 5.80. The fourth-order valence-electron chi connectivity index (χ4n) is 1.56. The van der Waals surface area contributed by atoms with Crippen molar-refractivity contribution in [1.29, 1.82) is 0 Å². The van der Waals surface area contributed by atoms with Crippen LogP contribution in [0.2, 0.25) is 0 Å². The lowest BCUT2D eigenvalue weighted by atomic mass is 9.96. The fourth-order valence-corrected chi connectivity index (χ4v) is 1.75. The molecule has 1 aromatic rings. The molecule has 1 saturated carbocycles. The highest BCUT2D eigenvalue weighted by Gasteiger charge is 2.21. The van der Waals surface area contributed by atoms with Crippen LogP contribution in [-0.2, 0) is 5.88 Å². The van der Waals surface area contributed by atoms with E-state index < -0.39 is 0 Å². The van der Waals surface area contributed by atoms with Gasteiger partial charge in [-0.15, -0.1) is 11.6 Å². The standard InChI is InChI=1S/C12H17ClN2O/c1-8(2)12-14-7-11(10(6-13)15-12)16-9-4-3-5-9/h7-9H,3-6H2,1-2H3. The molecule has 0 bridgehead atoms. The van der Waals surface area contributed by atoms with Crippen molar-refractivity contribution in [3.63, 3.8) is 0 Å². The molecule has 1 heterocycles. The van der Waals surface area contributed by atoms with Gasteiger partial charge in [-0.1, -0.05) is 13.8 Å². The van der Waals surface area contributed by atoms with Crippen LogP contribution in [0.15, 0.2) is 6.20 Å². The summed E-state index contributed by atoms with van der Waals surface area (Å²) in [6.45, 7) is 4.14. The average Bonchev–Trinajstić information content (AvgIpc) is 2.23. The third kappa shape index (κ3) is 2.46. The van der Waals surface area contributed by atoms with E-state index >= 15 is 0 Å². The summed E-state index contributed by atoms with van der Waals surface area (Å²) in [4.78, 5) is 8.74. The van der Waals surface area contributed by atoms with E-state index in [-0.39, 0.29) is 0 Å². The number of ether oxygens (including phenoxy) is 1. The highest BCUT2D eigenvalue weighted by molar-refractivity contribution is 6.17. The Morgan fingerprint density at radius 2 is 2.25 bits per heavy atom. The molecule has 16 heavy (non-hydrogen) atoms. The van der Waals surface area contributed by atoms with E-state index in [4.69, 9.17) is 16.3 Å². The molecule has 3 nitrogen and oxygen atoms in total. The molecule has 2 rings (SSSR count). The van der Waals surface area contributed by atoms with Crippen LogP contribution >= 0.6 is 11.6 Å². The van der Waals surface area contributed by atoms with Crippen molar-refractivity contribution < 1.29 is 4.74 Å². The smallest absolute Gasteiger partial charge is 0.160 e. The second-order valence-corrected chi connectivity index (χ2v) is 4.77. The van der Waals surface area contributed by atoms with Crippen LogP contribution in [0.5, 0.6) is 5.75 Å². The molecule has 0 saturated heterocycles. The molecule has 4 heteroatoms. The van der Waals surface area contributed by atoms with E-state index in [1.807, 2.05) is 0 Å². The summed E-state index contributed by atoms with van der Waals surface area (Å²) in [6.07, 6.45) is 5.63. The van der Waals surface area contributed by atoms with Gasteiger partial charge in [-0.3, -0.25) is 0 Å². The van der Waals surface area contributed by atoms with Crippen LogP contribution in [0.1, 0.15) is 50.5 Å². The predicted molar refractivity (Wildman–Crippen MR) is 63.9 cm³/mol. The zero-order valence-electron chi connectivity index (χ0n) is 9.74. The molecule has 0 aromatic carbocycles. The van der Waals surface area contributed by atoms with E-state index in [0.29, 0.717) is 17.9 Å². The third-order valence-corrected chi connectivity index (χ3v) is 3.09. The Kier molecular flexibility index (Phi) is 3.64.